The number of nitriles is 1. The van der Waals surface area contributed by atoms with Gasteiger partial charge in [0.05, 0.1) is 6.61 Å². The average Bonchev–Trinajstić information content (AvgIpc) is 2.17. The summed E-state index contributed by atoms with van der Waals surface area (Å²) in [6, 6.07) is 7.13. The number of hydrogen-bond donors (Lipinski definition) is 0. The zero-order chi connectivity index (χ0) is 11.3. The van der Waals surface area contributed by atoms with Crippen molar-refractivity contribution in [1.82, 2.24) is 0 Å². The molecule has 0 N–H and O–H groups in total. The van der Waals surface area contributed by atoms with Crippen LogP contribution in [0.5, 0.6) is 0 Å². The van der Waals surface area contributed by atoms with E-state index in [1.165, 1.54) is 0 Å². The van der Waals surface area contributed by atoms with Gasteiger partial charge < -0.3 is 0 Å². The minimum atomic E-state index is -4.20. The maximum absolute atomic E-state index is 10.8. The summed E-state index contributed by atoms with van der Waals surface area (Å²) >= 11 is 0. The largest absolute Gasteiger partial charge is 0.459 e. The highest BCUT2D eigenvalue weighted by Crippen LogP contribution is 2.07. The zero-order valence-electron chi connectivity index (χ0n) is 8.00. The fraction of sp³-hybridized carbons (Fsp3) is 0.222. The normalized spacial score (nSPS) is 10.7. The van der Waals surface area contributed by atoms with E-state index >= 15 is 0 Å². The van der Waals surface area contributed by atoms with Crippen LogP contribution < -0.4 is 0 Å². The van der Waals surface area contributed by atoms with E-state index in [0.29, 0.717) is 5.56 Å². The highest BCUT2D eigenvalue weighted by atomic mass is 32.3. The fourth-order valence-corrected chi connectivity index (χ4v) is 1.31. The molecule has 0 heterocycles. The molecule has 0 aliphatic heterocycles. The summed E-state index contributed by atoms with van der Waals surface area (Å²) < 4.78 is 29.8. The minimum absolute atomic E-state index is 0.149. The summed E-state index contributed by atoms with van der Waals surface area (Å²) in [6.45, 7) is 1.77. The Morgan fingerprint density at radius 3 is 2.47 bits per heavy atom. The third kappa shape index (κ3) is 3.97. The van der Waals surface area contributed by atoms with Crippen LogP contribution in [0, 0.1) is 18.4 Å². The van der Waals surface area contributed by atoms with Gasteiger partial charge in [-0.1, -0.05) is 29.8 Å². The molecule has 0 aliphatic carbocycles. The molecule has 0 radical (unpaired) electrons. The van der Waals surface area contributed by atoms with Crippen molar-refractivity contribution in [3.8, 4) is 6.26 Å². The Morgan fingerprint density at radius 2 is 1.93 bits per heavy atom. The summed E-state index contributed by atoms with van der Waals surface area (Å²) in [4.78, 5) is 0. The molecule has 0 saturated heterocycles. The van der Waals surface area contributed by atoms with Crippen molar-refractivity contribution in [3.05, 3.63) is 35.4 Å². The van der Waals surface area contributed by atoms with Crippen LogP contribution in [0.4, 0.5) is 0 Å². The number of nitrogens with zero attached hydrogens (tertiary/aromatic N) is 1. The highest BCUT2D eigenvalue weighted by molar-refractivity contribution is 7.82. The topological polar surface area (TPSA) is 76.4 Å². The molecule has 0 saturated carbocycles. The standard InChI is InChI=1S/C9H9NO4S/c1-8-2-4-9(5-3-8)6-13-15(11,12)14-7-10/h2-5H,6H2,1H3. The molecule has 15 heavy (non-hydrogen) atoms. The van der Waals surface area contributed by atoms with Gasteiger partial charge >= 0.3 is 16.7 Å². The third-order valence-corrected chi connectivity index (χ3v) is 2.32. The molecule has 5 nitrogen and oxygen atoms in total. The lowest BCUT2D eigenvalue weighted by Gasteiger charge is -2.01. The van der Waals surface area contributed by atoms with Gasteiger partial charge in [0.2, 0.25) is 0 Å². The van der Waals surface area contributed by atoms with E-state index in [-0.39, 0.29) is 6.61 Å². The Labute approximate surface area is 88.2 Å². The van der Waals surface area contributed by atoms with Crippen LogP contribution in [0.1, 0.15) is 11.1 Å². The Hall–Kier alpha value is -1.58. The van der Waals surface area contributed by atoms with Crippen LogP contribution in [0.2, 0.25) is 0 Å². The third-order valence-electron chi connectivity index (χ3n) is 1.63. The van der Waals surface area contributed by atoms with Crippen LogP contribution in [0.3, 0.4) is 0 Å². The Morgan fingerprint density at radius 1 is 1.33 bits per heavy atom. The van der Waals surface area contributed by atoms with Gasteiger partial charge in [0.15, 0.2) is 0 Å². The van der Waals surface area contributed by atoms with Crippen LogP contribution in [0.15, 0.2) is 24.3 Å². The van der Waals surface area contributed by atoms with Crippen molar-refractivity contribution in [1.29, 1.82) is 5.26 Å². The van der Waals surface area contributed by atoms with Gasteiger partial charge in [-0.15, -0.1) is 5.26 Å². The monoisotopic (exact) mass is 227 g/mol. The summed E-state index contributed by atoms with van der Waals surface area (Å²) in [7, 11) is -4.20. The van der Waals surface area contributed by atoms with Crippen LogP contribution >= 0.6 is 0 Å². The van der Waals surface area contributed by atoms with Crippen LogP contribution in [-0.2, 0) is 25.4 Å². The van der Waals surface area contributed by atoms with Crippen molar-refractivity contribution in [2.24, 2.45) is 0 Å². The van der Waals surface area contributed by atoms with Crippen molar-refractivity contribution in [2.75, 3.05) is 0 Å². The van der Waals surface area contributed by atoms with Gasteiger partial charge in [0, 0.05) is 0 Å². The molecular formula is C9H9NO4S. The van der Waals surface area contributed by atoms with Gasteiger partial charge in [-0.3, -0.25) is 4.18 Å². The first-order valence-electron chi connectivity index (χ1n) is 4.06. The molecular weight excluding hydrogens is 218 g/mol. The van der Waals surface area contributed by atoms with Crippen molar-refractivity contribution >= 4 is 10.4 Å². The van der Waals surface area contributed by atoms with E-state index in [2.05, 4.69) is 8.37 Å². The van der Waals surface area contributed by atoms with Gasteiger partial charge in [0.1, 0.15) is 0 Å². The van der Waals surface area contributed by atoms with Gasteiger partial charge in [0.25, 0.3) is 0 Å². The first kappa shape index (κ1) is 11.5. The van der Waals surface area contributed by atoms with E-state index in [1.54, 1.807) is 12.1 Å². The summed E-state index contributed by atoms with van der Waals surface area (Å²) in [6.07, 6.45) is 1.04. The second-order valence-corrected chi connectivity index (χ2v) is 4.05. The fourth-order valence-electron chi connectivity index (χ4n) is 0.894. The molecule has 1 rings (SSSR count). The Kier molecular flexibility index (Phi) is 3.66. The molecule has 0 aliphatic rings. The average molecular weight is 227 g/mol. The predicted molar refractivity (Wildman–Crippen MR) is 51.6 cm³/mol. The maximum Gasteiger partial charge on any atom is 0.459 e. The molecule has 0 amide bonds. The van der Waals surface area contributed by atoms with Crippen LogP contribution in [0.25, 0.3) is 0 Å². The lowest BCUT2D eigenvalue weighted by Crippen LogP contribution is -2.06. The molecule has 0 spiro atoms. The Balaban J connectivity index is 2.59. The van der Waals surface area contributed by atoms with Crippen LogP contribution in [-0.4, -0.2) is 8.42 Å². The number of hydrogen-bond acceptors (Lipinski definition) is 5. The number of aryl methyl sites for hydroxylation is 1. The minimum Gasteiger partial charge on any atom is -0.281 e. The molecule has 0 unspecified atom stereocenters. The first-order valence-corrected chi connectivity index (χ1v) is 5.39. The molecule has 0 atom stereocenters. The molecule has 80 valence electrons. The SMILES string of the molecule is Cc1ccc(COS(=O)(=O)OC#N)cc1. The van der Waals surface area contributed by atoms with E-state index in [4.69, 9.17) is 5.26 Å². The molecule has 1 aromatic carbocycles. The van der Waals surface area contributed by atoms with Crippen molar-refractivity contribution in [2.45, 2.75) is 13.5 Å². The molecule has 0 aromatic heterocycles. The van der Waals surface area contributed by atoms with Gasteiger partial charge in [-0.25, -0.2) is 4.18 Å². The first-order chi connectivity index (χ1) is 7.03. The Bertz CT molecular complexity index is 458. The van der Waals surface area contributed by atoms with Crippen molar-refractivity contribution < 1.29 is 16.8 Å². The van der Waals surface area contributed by atoms with E-state index in [0.717, 1.165) is 11.8 Å². The second-order valence-electron chi connectivity index (χ2n) is 2.83. The maximum atomic E-state index is 10.8. The predicted octanol–water partition coefficient (Wildman–Crippen LogP) is 1.25. The summed E-state index contributed by atoms with van der Waals surface area (Å²) in [5, 5.41) is 8.00. The summed E-state index contributed by atoms with van der Waals surface area (Å²) in [5.74, 6) is 0. The molecule has 0 bridgehead atoms. The quantitative estimate of drug-likeness (QED) is 0.723. The number of benzene rings is 1. The van der Waals surface area contributed by atoms with E-state index in [9.17, 15) is 8.42 Å². The molecule has 6 heteroatoms. The van der Waals surface area contributed by atoms with E-state index < -0.39 is 10.4 Å². The second kappa shape index (κ2) is 4.77. The van der Waals surface area contributed by atoms with E-state index in [1.807, 2.05) is 19.1 Å². The van der Waals surface area contributed by atoms with Gasteiger partial charge in [-0.05, 0) is 12.5 Å². The highest BCUT2D eigenvalue weighted by Gasteiger charge is 2.11. The lowest BCUT2D eigenvalue weighted by atomic mass is 10.2. The van der Waals surface area contributed by atoms with Crippen molar-refractivity contribution in [3.63, 3.8) is 0 Å². The molecule has 1 aromatic rings. The molecule has 0 fully saturated rings. The lowest BCUT2D eigenvalue weighted by molar-refractivity contribution is 0.255. The zero-order valence-corrected chi connectivity index (χ0v) is 8.82. The number of rotatable bonds is 4. The smallest absolute Gasteiger partial charge is 0.281 e. The van der Waals surface area contributed by atoms with Gasteiger partial charge in [-0.2, -0.15) is 8.42 Å². The summed E-state index contributed by atoms with van der Waals surface area (Å²) in [5.41, 5.74) is 1.75.